The van der Waals surface area contributed by atoms with Gasteiger partial charge in [-0.3, -0.25) is 9.59 Å². The number of piperazine rings is 1. The smallest absolute Gasteiger partial charge is 0.260 e. The van der Waals surface area contributed by atoms with Gasteiger partial charge in [0.15, 0.2) is 6.61 Å². The quantitative estimate of drug-likeness (QED) is 0.819. The minimum absolute atomic E-state index is 0.0126. The zero-order valence-electron chi connectivity index (χ0n) is 13.0. The summed E-state index contributed by atoms with van der Waals surface area (Å²) in [6.45, 7) is 5.55. The highest BCUT2D eigenvalue weighted by Crippen LogP contribution is 2.13. The molecule has 0 saturated carbocycles. The zero-order chi connectivity index (χ0) is 16.1. The Morgan fingerprint density at radius 1 is 1.23 bits per heavy atom. The van der Waals surface area contributed by atoms with Gasteiger partial charge in [0.05, 0.1) is 6.42 Å². The fraction of sp³-hybridized carbons (Fsp3) is 0.500. The summed E-state index contributed by atoms with van der Waals surface area (Å²) >= 11 is 0. The van der Waals surface area contributed by atoms with E-state index in [1.165, 1.54) is 0 Å². The molecule has 22 heavy (non-hydrogen) atoms. The van der Waals surface area contributed by atoms with Crippen LogP contribution in [0.3, 0.4) is 0 Å². The largest absolute Gasteiger partial charge is 0.484 e. The van der Waals surface area contributed by atoms with Gasteiger partial charge in [-0.15, -0.1) is 0 Å². The molecular weight excluding hydrogens is 282 g/mol. The van der Waals surface area contributed by atoms with Crippen LogP contribution in [0.5, 0.6) is 5.75 Å². The summed E-state index contributed by atoms with van der Waals surface area (Å²) in [5, 5.41) is 3.39. The van der Waals surface area contributed by atoms with Crippen molar-refractivity contribution in [2.45, 2.75) is 32.4 Å². The summed E-state index contributed by atoms with van der Waals surface area (Å²) in [4.78, 5) is 24.8. The number of carbonyl (C=O) groups is 2. The van der Waals surface area contributed by atoms with Crippen LogP contribution in [0, 0.1) is 0 Å². The second kappa shape index (κ2) is 7.26. The molecule has 1 heterocycles. The summed E-state index contributed by atoms with van der Waals surface area (Å²) < 4.78 is 5.52. The van der Waals surface area contributed by atoms with Crippen LogP contribution < -0.4 is 15.8 Å². The normalized spacial score (nSPS) is 21.5. The van der Waals surface area contributed by atoms with Gasteiger partial charge in [-0.05, 0) is 31.5 Å². The van der Waals surface area contributed by atoms with Crippen LogP contribution in [-0.2, 0) is 16.0 Å². The molecule has 0 aliphatic carbocycles. The van der Waals surface area contributed by atoms with E-state index in [1.54, 1.807) is 24.3 Å². The number of hydrogen-bond donors (Lipinski definition) is 2. The number of amides is 2. The first-order valence-corrected chi connectivity index (χ1v) is 7.48. The first-order valence-electron chi connectivity index (χ1n) is 7.48. The number of hydrogen-bond acceptors (Lipinski definition) is 4. The van der Waals surface area contributed by atoms with Gasteiger partial charge in [0.1, 0.15) is 5.75 Å². The number of primary amides is 1. The molecule has 1 aromatic carbocycles. The van der Waals surface area contributed by atoms with Crippen LogP contribution in [0.25, 0.3) is 0 Å². The molecular formula is C16H23N3O3. The molecule has 1 saturated heterocycles. The van der Waals surface area contributed by atoms with E-state index in [1.807, 2.05) is 4.90 Å². The maximum atomic E-state index is 12.2. The monoisotopic (exact) mass is 305 g/mol. The van der Waals surface area contributed by atoms with Crippen molar-refractivity contribution in [3.63, 3.8) is 0 Å². The Labute approximate surface area is 130 Å². The minimum Gasteiger partial charge on any atom is -0.484 e. The molecule has 0 bridgehead atoms. The molecule has 120 valence electrons. The molecule has 2 rings (SSSR count). The van der Waals surface area contributed by atoms with E-state index in [4.69, 9.17) is 10.5 Å². The van der Waals surface area contributed by atoms with E-state index < -0.39 is 0 Å². The fourth-order valence-electron chi connectivity index (χ4n) is 2.67. The standard InChI is InChI=1S/C16H23N3O3/c1-11-8-19(9-12(2)18-11)16(21)10-22-14-5-3-13(4-6-14)7-15(17)20/h3-6,11-12,18H,7-10H2,1-2H3,(H2,17,20). The average molecular weight is 305 g/mol. The van der Waals surface area contributed by atoms with Gasteiger partial charge in [0.25, 0.3) is 5.91 Å². The number of nitrogens with zero attached hydrogens (tertiary/aromatic N) is 1. The summed E-state index contributed by atoms with van der Waals surface area (Å²) in [5.74, 6) is 0.227. The van der Waals surface area contributed by atoms with Gasteiger partial charge in [-0.2, -0.15) is 0 Å². The molecule has 1 fully saturated rings. The van der Waals surface area contributed by atoms with E-state index in [0.29, 0.717) is 30.9 Å². The van der Waals surface area contributed by atoms with E-state index in [2.05, 4.69) is 19.2 Å². The van der Waals surface area contributed by atoms with Crippen LogP contribution in [-0.4, -0.2) is 48.5 Å². The van der Waals surface area contributed by atoms with E-state index >= 15 is 0 Å². The minimum atomic E-state index is -0.370. The fourth-order valence-corrected chi connectivity index (χ4v) is 2.67. The van der Waals surface area contributed by atoms with Crippen molar-refractivity contribution in [1.82, 2.24) is 10.2 Å². The summed E-state index contributed by atoms with van der Waals surface area (Å²) in [7, 11) is 0. The van der Waals surface area contributed by atoms with Crippen molar-refractivity contribution in [3.8, 4) is 5.75 Å². The SMILES string of the molecule is CC1CN(C(=O)COc2ccc(CC(N)=O)cc2)CC(C)N1. The molecule has 2 unspecified atom stereocenters. The highest BCUT2D eigenvalue weighted by Gasteiger charge is 2.24. The lowest BCUT2D eigenvalue weighted by Crippen LogP contribution is -2.56. The Bertz CT molecular complexity index is 520. The lowest BCUT2D eigenvalue weighted by molar-refractivity contribution is -0.135. The lowest BCUT2D eigenvalue weighted by atomic mass is 10.1. The Kier molecular flexibility index (Phi) is 5.38. The summed E-state index contributed by atoms with van der Waals surface area (Å²) in [6.07, 6.45) is 0.204. The Hall–Kier alpha value is -2.08. The van der Waals surface area contributed by atoms with Crippen molar-refractivity contribution in [2.24, 2.45) is 5.73 Å². The van der Waals surface area contributed by atoms with Gasteiger partial charge in [-0.1, -0.05) is 12.1 Å². The summed E-state index contributed by atoms with van der Waals surface area (Å²) in [5.41, 5.74) is 5.97. The molecule has 0 aromatic heterocycles. The summed E-state index contributed by atoms with van der Waals surface area (Å²) in [6, 6.07) is 7.63. The van der Waals surface area contributed by atoms with Crippen molar-refractivity contribution in [3.05, 3.63) is 29.8 Å². The van der Waals surface area contributed by atoms with Gasteiger partial charge >= 0.3 is 0 Å². The molecule has 6 nitrogen and oxygen atoms in total. The predicted molar refractivity (Wildman–Crippen MR) is 83.5 cm³/mol. The van der Waals surface area contributed by atoms with E-state index in [0.717, 1.165) is 5.56 Å². The van der Waals surface area contributed by atoms with Crippen LogP contribution >= 0.6 is 0 Å². The average Bonchev–Trinajstić information content (AvgIpc) is 2.44. The highest BCUT2D eigenvalue weighted by atomic mass is 16.5. The third-order valence-corrected chi connectivity index (χ3v) is 3.57. The molecule has 3 N–H and O–H groups in total. The van der Waals surface area contributed by atoms with Crippen LogP contribution in [0.2, 0.25) is 0 Å². The first-order chi connectivity index (χ1) is 10.4. The number of carbonyl (C=O) groups excluding carboxylic acids is 2. The topological polar surface area (TPSA) is 84.7 Å². The molecule has 0 spiro atoms. The maximum Gasteiger partial charge on any atom is 0.260 e. The van der Waals surface area contributed by atoms with Gasteiger partial charge < -0.3 is 20.7 Å². The predicted octanol–water partition coefficient (Wildman–Crippen LogP) is 0.302. The van der Waals surface area contributed by atoms with Crippen molar-refractivity contribution in [2.75, 3.05) is 19.7 Å². The second-order valence-electron chi connectivity index (χ2n) is 5.84. The number of nitrogens with two attached hydrogens (primary N) is 1. The number of rotatable bonds is 5. The van der Waals surface area contributed by atoms with Gasteiger partial charge in [0.2, 0.25) is 5.91 Å². The van der Waals surface area contributed by atoms with Crippen LogP contribution in [0.15, 0.2) is 24.3 Å². The third-order valence-electron chi connectivity index (χ3n) is 3.57. The Morgan fingerprint density at radius 3 is 2.36 bits per heavy atom. The van der Waals surface area contributed by atoms with E-state index in [9.17, 15) is 9.59 Å². The van der Waals surface area contributed by atoms with Gasteiger partial charge in [-0.25, -0.2) is 0 Å². The third kappa shape index (κ3) is 4.73. The number of ether oxygens (including phenoxy) is 1. The molecule has 1 aromatic rings. The molecule has 1 aliphatic rings. The second-order valence-corrected chi connectivity index (χ2v) is 5.84. The molecule has 0 radical (unpaired) electrons. The van der Waals surface area contributed by atoms with Crippen LogP contribution in [0.4, 0.5) is 0 Å². The van der Waals surface area contributed by atoms with E-state index in [-0.39, 0.29) is 24.8 Å². The molecule has 1 aliphatic heterocycles. The number of benzene rings is 1. The Balaban J connectivity index is 1.84. The van der Waals surface area contributed by atoms with Crippen molar-refractivity contribution in [1.29, 1.82) is 0 Å². The van der Waals surface area contributed by atoms with Crippen molar-refractivity contribution >= 4 is 11.8 Å². The number of nitrogens with one attached hydrogen (secondary N) is 1. The Morgan fingerprint density at radius 2 is 1.82 bits per heavy atom. The zero-order valence-corrected chi connectivity index (χ0v) is 13.0. The first kappa shape index (κ1) is 16.3. The highest BCUT2D eigenvalue weighted by molar-refractivity contribution is 5.78. The van der Waals surface area contributed by atoms with Crippen LogP contribution in [0.1, 0.15) is 19.4 Å². The molecule has 6 heteroatoms. The molecule has 2 amide bonds. The van der Waals surface area contributed by atoms with Crippen molar-refractivity contribution < 1.29 is 14.3 Å². The molecule has 2 atom stereocenters. The lowest BCUT2D eigenvalue weighted by Gasteiger charge is -2.36. The maximum absolute atomic E-state index is 12.2. The van der Waals surface area contributed by atoms with Gasteiger partial charge in [0, 0.05) is 25.2 Å².